The van der Waals surface area contributed by atoms with E-state index in [1.54, 1.807) is 6.92 Å². The van der Waals surface area contributed by atoms with Crippen molar-refractivity contribution >= 4 is 11.9 Å². The maximum Gasteiger partial charge on any atom is 0.318 e. The SMILES string of the molecule is CC(NC1CCOC1C1CC1)C(=O)NC(N)=O. The van der Waals surface area contributed by atoms with E-state index < -0.39 is 12.1 Å². The molecule has 3 amide bonds. The summed E-state index contributed by atoms with van der Waals surface area (Å²) in [6.07, 6.45) is 3.56. The van der Waals surface area contributed by atoms with Gasteiger partial charge in [-0.05, 0) is 32.1 Å². The van der Waals surface area contributed by atoms with Crippen LogP contribution >= 0.6 is 0 Å². The Kier molecular flexibility index (Phi) is 3.63. The Morgan fingerprint density at radius 3 is 2.65 bits per heavy atom. The summed E-state index contributed by atoms with van der Waals surface area (Å²) in [5.74, 6) is 0.250. The zero-order valence-corrected chi connectivity index (χ0v) is 9.94. The van der Waals surface area contributed by atoms with Gasteiger partial charge in [0, 0.05) is 12.6 Å². The number of ether oxygens (including phenoxy) is 1. The van der Waals surface area contributed by atoms with E-state index in [-0.39, 0.29) is 18.1 Å². The van der Waals surface area contributed by atoms with E-state index in [9.17, 15) is 9.59 Å². The molecule has 0 aromatic carbocycles. The number of nitrogens with two attached hydrogens (primary N) is 1. The van der Waals surface area contributed by atoms with Crippen LogP contribution < -0.4 is 16.4 Å². The van der Waals surface area contributed by atoms with E-state index in [0.29, 0.717) is 5.92 Å². The number of urea groups is 1. The summed E-state index contributed by atoms with van der Waals surface area (Å²) in [7, 11) is 0. The lowest BCUT2D eigenvalue weighted by atomic mass is 10.1. The van der Waals surface area contributed by atoms with E-state index in [0.717, 1.165) is 13.0 Å². The third-order valence-corrected chi connectivity index (χ3v) is 3.33. The van der Waals surface area contributed by atoms with Crippen LogP contribution in [0.3, 0.4) is 0 Å². The quantitative estimate of drug-likeness (QED) is 0.631. The molecule has 1 saturated carbocycles. The first-order valence-corrected chi connectivity index (χ1v) is 6.06. The minimum atomic E-state index is -0.815. The van der Waals surface area contributed by atoms with Crippen molar-refractivity contribution in [2.24, 2.45) is 11.7 Å². The highest BCUT2D eigenvalue weighted by molar-refractivity contribution is 5.96. The molecule has 6 heteroatoms. The van der Waals surface area contributed by atoms with Crippen LogP contribution in [0.4, 0.5) is 4.79 Å². The number of hydrogen-bond donors (Lipinski definition) is 3. The molecule has 2 aliphatic rings. The average molecular weight is 241 g/mol. The Balaban J connectivity index is 1.82. The lowest BCUT2D eigenvalue weighted by Crippen LogP contribution is -2.51. The first-order valence-electron chi connectivity index (χ1n) is 6.06. The van der Waals surface area contributed by atoms with Crippen LogP contribution in [0.1, 0.15) is 26.2 Å². The molecule has 0 bridgehead atoms. The van der Waals surface area contributed by atoms with Crippen molar-refractivity contribution in [3.63, 3.8) is 0 Å². The molecule has 0 spiro atoms. The van der Waals surface area contributed by atoms with E-state index in [1.807, 2.05) is 0 Å². The van der Waals surface area contributed by atoms with Crippen LogP contribution in [0.25, 0.3) is 0 Å². The number of carbonyl (C=O) groups excluding carboxylic acids is 2. The summed E-state index contributed by atoms with van der Waals surface area (Å²) in [6.45, 7) is 2.46. The molecule has 2 fully saturated rings. The van der Waals surface area contributed by atoms with Crippen molar-refractivity contribution in [2.45, 2.75) is 44.4 Å². The van der Waals surface area contributed by atoms with Crippen LogP contribution in [0, 0.1) is 5.92 Å². The van der Waals surface area contributed by atoms with Gasteiger partial charge in [0.2, 0.25) is 5.91 Å². The molecule has 1 saturated heterocycles. The van der Waals surface area contributed by atoms with E-state index in [4.69, 9.17) is 10.5 Å². The summed E-state index contributed by atoms with van der Waals surface area (Å²) >= 11 is 0. The molecule has 0 aromatic rings. The molecular formula is C11H19N3O3. The molecule has 4 N–H and O–H groups in total. The van der Waals surface area contributed by atoms with Gasteiger partial charge in [0.1, 0.15) is 0 Å². The van der Waals surface area contributed by atoms with Gasteiger partial charge in [0.25, 0.3) is 0 Å². The number of amides is 3. The topological polar surface area (TPSA) is 93.4 Å². The third-order valence-electron chi connectivity index (χ3n) is 3.33. The van der Waals surface area contributed by atoms with Gasteiger partial charge in [0.05, 0.1) is 12.1 Å². The van der Waals surface area contributed by atoms with Crippen molar-refractivity contribution < 1.29 is 14.3 Å². The van der Waals surface area contributed by atoms with Gasteiger partial charge < -0.3 is 15.8 Å². The van der Waals surface area contributed by atoms with Gasteiger partial charge in [-0.25, -0.2) is 4.79 Å². The second-order valence-electron chi connectivity index (χ2n) is 4.81. The van der Waals surface area contributed by atoms with Gasteiger partial charge in [-0.2, -0.15) is 0 Å². The standard InChI is InChI=1S/C11H19N3O3/c1-6(10(15)14-11(12)16)13-8-4-5-17-9(8)7-2-3-7/h6-9,13H,2-5H2,1H3,(H3,12,14,15,16). The Labute approximate surface area is 100 Å². The number of imide groups is 1. The monoisotopic (exact) mass is 241 g/mol. The fraction of sp³-hybridized carbons (Fsp3) is 0.818. The first kappa shape index (κ1) is 12.3. The third kappa shape index (κ3) is 3.17. The molecule has 96 valence electrons. The number of rotatable bonds is 4. The minimum Gasteiger partial charge on any atom is -0.376 e. The summed E-state index contributed by atoms with van der Waals surface area (Å²) in [6, 6.07) is -1.04. The van der Waals surface area contributed by atoms with Crippen molar-refractivity contribution in [2.75, 3.05) is 6.61 Å². The maximum absolute atomic E-state index is 11.5. The molecule has 17 heavy (non-hydrogen) atoms. The molecule has 0 aromatic heterocycles. The number of primary amides is 1. The average Bonchev–Trinajstić information content (AvgIpc) is 2.99. The van der Waals surface area contributed by atoms with Gasteiger partial charge >= 0.3 is 6.03 Å². The molecule has 6 nitrogen and oxygen atoms in total. The molecule has 1 aliphatic carbocycles. The first-order chi connectivity index (χ1) is 8.08. The Hall–Kier alpha value is -1.14. The minimum absolute atomic E-state index is 0.205. The van der Waals surface area contributed by atoms with Crippen molar-refractivity contribution in [3.05, 3.63) is 0 Å². The molecular weight excluding hydrogens is 222 g/mol. The lowest BCUT2D eigenvalue weighted by molar-refractivity contribution is -0.121. The fourth-order valence-electron chi connectivity index (χ4n) is 2.31. The highest BCUT2D eigenvalue weighted by Gasteiger charge is 2.41. The number of carbonyl (C=O) groups is 2. The second-order valence-corrected chi connectivity index (χ2v) is 4.81. The second kappa shape index (κ2) is 5.01. The highest BCUT2D eigenvalue weighted by atomic mass is 16.5. The van der Waals surface area contributed by atoms with Gasteiger partial charge in [-0.1, -0.05) is 0 Å². The number of hydrogen-bond acceptors (Lipinski definition) is 4. The summed E-state index contributed by atoms with van der Waals surface area (Å²) in [5, 5.41) is 5.28. The van der Waals surface area contributed by atoms with Crippen molar-refractivity contribution in [3.8, 4) is 0 Å². The van der Waals surface area contributed by atoms with Crippen molar-refractivity contribution in [1.29, 1.82) is 0 Å². The van der Waals surface area contributed by atoms with Crippen LogP contribution in [0.2, 0.25) is 0 Å². The van der Waals surface area contributed by atoms with E-state index in [2.05, 4.69) is 10.6 Å². The summed E-state index contributed by atoms with van der Waals surface area (Å²) in [4.78, 5) is 22.1. The predicted molar refractivity (Wildman–Crippen MR) is 61.2 cm³/mol. The Bertz CT molecular complexity index is 317. The molecule has 3 unspecified atom stereocenters. The van der Waals surface area contributed by atoms with E-state index in [1.165, 1.54) is 12.8 Å². The predicted octanol–water partition coefficient (Wildman–Crippen LogP) is -0.273. The maximum atomic E-state index is 11.5. The largest absolute Gasteiger partial charge is 0.376 e. The van der Waals surface area contributed by atoms with Gasteiger partial charge in [0.15, 0.2) is 0 Å². The summed E-state index contributed by atoms with van der Waals surface area (Å²) in [5.41, 5.74) is 4.90. The van der Waals surface area contributed by atoms with Crippen LogP contribution in [0.15, 0.2) is 0 Å². The van der Waals surface area contributed by atoms with Crippen LogP contribution in [-0.4, -0.2) is 36.7 Å². The normalized spacial score (nSPS) is 29.9. The summed E-state index contributed by atoms with van der Waals surface area (Å²) < 4.78 is 5.67. The molecule has 3 atom stereocenters. The van der Waals surface area contributed by atoms with Gasteiger partial charge in [-0.3, -0.25) is 10.1 Å². The zero-order chi connectivity index (χ0) is 12.4. The van der Waals surface area contributed by atoms with Crippen LogP contribution in [-0.2, 0) is 9.53 Å². The lowest BCUT2D eigenvalue weighted by Gasteiger charge is -2.23. The molecule has 2 rings (SSSR count). The molecule has 1 aliphatic heterocycles. The Morgan fingerprint density at radius 2 is 2.06 bits per heavy atom. The zero-order valence-electron chi connectivity index (χ0n) is 9.94. The molecule has 1 heterocycles. The molecule has 0 radical (unpaired) electrons. The smallest absolute Gasteiger partial charge is 0.318 e. The number of nitrogens with one attached hydrogen (secondary N) is 2. The van der Waals surface area contributed by atoms with Gasteiger partial charge in [-0.15, -0.1) is 0 Å². The Morgan fingerprint density at radius 1 is 1.35 bits per heavy atom. The highest BCUT2D eigenvalue weighted by Crippen LogP contribution is 2.38. The van der Waals surface area contributed by atoms with Crippen LogP contribution in [0.5, 0.6) is 0 Å². The fourth-order valence-corrected chi connectivity index (χ4v) is 2.31. The van der Waals surface area contributed by atoms with Crippen molar-refractivity contribution in [1.82, 2.24) is 10.6 Å². The van der Waals surface area contributed by atoms with E-state index >= 15 is 0 Å².